The number of non-ortho nitro benzene ring substituents is 1. The molecule has 0 fully saturated rings. The highest BCUT2D eigenvalue weighted by molar-refractivity contribution is 5.54. The van der Waals surface area contributed by atoms with Crippen LogP contribution in [-0.2, 0) is 0 Å². The molecule has 0 aliphatic carbocycles. The maximum Gasteiger partial charge on any atom is 0.269 e. The zero-order valence-corrected chi connectivity index (χ0v) is 8.58. The lowest BCUT2D eigenvalue weighted by Gasteiger charge is -2.23. The number of rotatable bonds is 2. The van der Waals surface area contributed by atoms with E-state index in [1.807, 2.05) is 0 Å². The van der Waals surface area contributed by atoms with Gasteiger partial charge in [-0.2, -0.15) is 5.12 Å². The van der Waals surface area contributed by atoms with Crippen LogP contribution in [0.25, 0.3) is 0 Å². The van der Waals surface area contributed by atoms with Crippen molar-refractivity contribution < 1.29 is 9.40 Å². The molecule has 0 bridgehead atoms. The molecule has 1 aromatic rings. The summed E-state index contributed by atoms with van der Waals surface area (Å²) in [6.07, 6.45) is 2.47. The van der Waals surface area contributed by atoms with Crippen LogP contribution in [0.4, 0.5) is 15.9 Å². The first kappa shape index (κ1) is 10.4. The summed E-state index contributed by atoms with van der Waals surface area (Å²) in [6, 6.07) is 5.99. The molecule has 84 valence electrons. The van der Waals surface area contributed by atoms with E-state index < -0.39 is 11.1 Å². The van der Waals surface area contributed by atoms with Crippen LogP contribution in [0, 0.1) is 10.1 Å². The first-order valence-corrected chi connectivity index (χ1v) is 4.75. The van der Waals surface area contributed by atoms with Crippen molar-refractivity contribution in [1.29, 1.82) is 0 Å². The molecule has 1 heterocycles. The maximum atomic E-state index is 13.1. The first-order valence-electron chi connectivity index (χ1n) is 4.75. The molecule has 2 rings (SSSR count). The third-order valence-corrected chi connectivity index (χ3v) is 2.49. The van der Waals surface area contributed by atoms with Gasteiger partial charge in [0.05, 0.1) is 11.1 Å². The van der Waals surface area contributed by atoms with Crippen LogP contribution in [0.1, 0.15) is 6.92 Å². The Morgan fingerprint density at radius 1 is 1.31 bits per heavy atom. The molecule has 5 nitrogen and oxygen atoms in total. The fraction of sp³-hybridized carbons (Fsp3) is 0.200. The highest BCUT2D eigenvalue weighted by atomic mass is 19.2. The van der Waals surface area contributed by atoms with Gasteiger partial charge in [0, 0.05) is 24.0 Å². The van der Waals surface area contributed by atoms with E-state index in [9.17, 15) is 14.6 Å². The van der Waals surface area contributed by atoms with E-state index in [1.165, 1.54) is 18.3 Å². The molecule has 0 amide bonds. The summed E-state index contributed by atoms with van der Waals surface area (Å²) in [5, 5.41) is 11.0. The summed E-state index contributed by atoms with van der Waals surface area (Å²) in [7, 11) is 0. The quantitative estimate of drug-likeness (QED) is 0.439. The van der Waals surface area contributed by atoms with Gasteiger partial charge in [-0.3, -0.25) is 10.1 Å². The Balaban J connectivity index is 2.23. The molecule has 1 aliphatic rings. The van der Waals surface area contributed by atoms with Gasteiger partial charge in [-0.15, -0.1) is 0 Å². The Labute approximate surface area is 91.5 Å². The van der Waals surface area contributed by atoms with E-state index in [4.69, 9.17) is 0 Å². The second-order valence-electron chi connectivity index (χ2n) is 3.46. The largest absolute Gasteiger partial charge is 0.323 e. The van der Waals surface area contributed by atoms with Crippen molar-refractivity contribution in [2.24, 2.45) is 0 Å². The molecular weight excluding hydrogens is 213 g/mol. The Kier molecular flexibility index (Phi) is 2.47. The highest BCUT2D eigenvalue weighted by Crippen LogP contribution is 2.26. The predicted octanol–water partition coefficient (Wildman–Crippen LogP) is 2.42. The van der Waals surface area contributed by atoms with Crippen molar-refractivity contribution >= 4 is 11.4 Å². The van der Waals surface area contributed by atoms with Crippen molar-refractivity contribution in [2.45, 2.75) is 13.1 Å². The fourth-order valence-corrected chi connectivity index (χ4v) is 1.55. The number of benzene rings is 1. The van der Waals surface area contributed by atoms with E-state index in [-0.39, 0.29) is 5.69 Å². The summed E-state index contributed by atoms with van der Waals surface area (Å²) < 4.78 is 13.1. The van der Waals surface area contributed by atoms with E-state index in [2.05, 4.69) is 0 Å². The van der Waals surface area contributed by atoms with Crippen LogP contribution >= 0.6 is 0 Å². The van der Waals surface area contributed by atoms with Crippen LogP contribution in [0.3, 0.4) is 0 Å². The molecule has 1 atom stereocenters. The van der Waals surface area contributed by atoms with Gasteiger partial charge in [-0.1, -0.05) is 4.48 Å². The number of halogens is 1. The maximum absolute atomic E-state index is 13.1. The van der Waals surface area contributed by atoms with Gasteiger partial charge >= 0.3 is 0 Å². The number of anilines is 1. The van der Waals surface area contributed by atoms with Crippen LogP contribution < -0.4 is 4.90 Å². The van der Waals surface area contributed by atoms with Gasteiger partial charge in [0.15, 0.2) is 0 Å². The third-order valence-electron chi connectivity index (χ3n) is 2.49. The van der Waals surface area contributed by atoms with Gasteiger partial charge < -0.3 is 4.90 Å². The number of nitrogens with zero attached hydrogens (tertiary/aromatic N) is 3. The van der Waals surface area contributed by atoms with Gasteiger partial charge in [0.1, 0.15) is 6.17 Å². The zero-order valence-electron chi connectivity index (χ0n) is 8.58. The average Bonchev–Trinajstić information content (AvgIpc) is 2.60. The lowest BCUT2D eigenvalue weighted by atomic mass is 10.2. The monoisotopic (exact) mass is 223 g/mol. The Hall–Kier alpha value is -2.11. The number of hydrogen-bond donors (Lipinski definition) is 0. The van der Waals surface area contributed by atoms with Crippen molar-refractivity contribution in [1.82, 2.24) is 5.12 Å². The van der Waals surface area contributed by atoms with Crippen molar-refractivity contribution in [3.8, 4) is 0 Å². The molecule has 0 spiro atoms. The second-order valence-corrected chi connectivity index (χ2v) is 3.46. The number of nitro benzene ring substituents is 1. The summed E-state index contributed by atoms with van der Waals surface area (Å²) in [4.78, 5) is 11.7. The molecule has 1 aliphatic heterocycles. The summed E-state index contributed by atoms with van der Waals surface area (Å²) in [5.74, 6) is 0. The molecule has 1 aromatic carbocycles. The second kappa shape index (κ2) is 3.80. The summed E-state index contributed by atoms with van der Waals surface area (Å²) in [5.41, 5.74) is 0.742. The summed E-state index contributed by atoms with van der Waals surface area (Å²) >= 11 is 0. The van der Waals surface area contributed by atoms with E-state index in [0.717, 1.165) is 5.69 Å². The van der Waals surface area contributed by atoms with Gasteiger partial charge in [-0.05, 0) is 19.1 Å². The highest BCUT2D eigenvalue weighted by Gasteiger charge is 2.23. The normalized spacial score (nSPS) is 19.2. The smallest absolute Gasteiger partial charge is 0.269 e. The molecule has 6 heteroatoms. The Bertz CT molecular complexity index is 432. The third kappa shape index (κ3) is 1.69. The SMILES string of the molecule is CC1N(F)C=CN1c1ccc([N+](=O)[O-])cc1. The van der Waals surface area contributed by atoms with Crippen LogP contribution in [0.2, 0.25) is 0 Å². The average molecular weight is 223 g/mol. The van der Waals surface area contributed by atoms with Gasteiger partial charge in [0.25, 0.3) is 5.69 Å². The van der Waals surface area contributed by atoms with Crippen LogP contribution in [0.15, 0.2) is 36.7 Å². The molecule has 0 saturated heterocycles. The van der Waals surface area contributed by atoms with E-state index in [0.29, 0.717) is 5.12 Å². The minimum Gasteiger partial charge on any atom is -0.323 e. The minimum atomic E-state index is -0.464. The van der Waals surface area contributed by atoms with Crippen LogP contribution in [-0.4, -0.2) is 16.2 Å². The number of nitro groups is 1. The molecule has 0 aromatic heterocycles. The lowest BCUT2D eigenvalue weighted by Crippen LogP contribution is -2.31. The predicted molar refractivity (Wildman–Crippen MR) is 57.1 cm³/mol. The van der Waals surface area contributed by atoms with Crippen LogP contribution in [0.5, 0.6) is 0 Å². The molecule has 0 saturated carbocycles. The molecule has 16 heavy (non-hydrogen) atoms. The fourth-order valence-electron chi connectivity index (χ4n) is 1.55. The van der Waals surface area contributed by atoms with E-state index in [1.54, 1.807) is 30.2 Å². The van der Waals surface area contributed by atoms with Crippen molar-refractivity contribution in [3.05, 3.63) is 46.8 Å². The molecular formula is C10H10FN3O2. The van der Waals surface area contributed by atoms with Gasteiger partial charge in [-0.25, -0.2) is 0 Å². The van der Waals surface area contributed by atoms with E-state index >= 15 is 0 Å². The Morgan fingerprint density at radius 2 is 1.94 bits per heavy atom. The molecule has 0 N–H and O–H groups in total. The lowest BCUT2D eigenvalue weighted by molar-refractivity contribution is -0.384. The zero-order chi connectivity index (χ0) is 11.7. The Morgan fingerprint density at radius 3 is 2.38 bits per heavy atom. The first-order chi connectivity index (χ1) is 7.59. The standard InChI is InChI=1S/C10H10FN3O2/c1-8-12(6-7-13(8)11)9-2-4-10(5-3-9)14(15)16/h2-8H,1H3. The summed E-state index contributed by atoms with van der Waals surface area (Å²) in [6.45, 7) is 1.70. The van der Waals surface area contributed by atoms with Crippen molar-refractivity contribution in [3.63, 3.8) is 0 Å². The minimum absolute atomic E-state index is 0.0247. The number of hydrogen-bond acceptors (Lipinski definition) is 4. The molecule has 0 radical (unpaired) electrons. The topological polar surface area (TPSA) is 49.6 Å². The van der Waals surface area contributed by atoms with Crippen molar-refractivity contribution in [2.75, 3.05) is 4.90 Å². The van der Waals surface area contributed by atoms with Gasteiger partial charge in [0.2, 0.25) is 0 Å². The molecule has 1 unspecified atom stereocenters.